The number of methoxy groups -OCH3 is 1. The molecule has 1 aromatic heterocycles. The predicted octanol–water partition coefficient (Wildman–Crippen LogP) is 4.26. The summed E-state index contributed by atoms with van der Waals surface area (Å²) in [6.07, 6.45) is 1.80. The Labute approximate surface area is 241 Å². The highest BCUT2D eigenvalue weighted by molar-refractivity contribution is 7.07. The number of rotatable bonds is 10. The first-order valence-corrected chi connectivity index (χ1v) is 14.0. The molecule has 0 aliphatic carbocycles. The molecule has 3 aromatic carbocycles. The number of hydrogen-bond acceptors (Lipinski definition) is 8. The Morgan fingerprint density at radius 2 is 1.66 bits per heavy atom. The summed E-state index contributed by atoms with van der Waals surface area (Å²) in [7, 11) is 1.59. The molecule has 0 spiro atoms. The normalized spacial score (nSPS) is 14.7. The van der Waals surface area contributed by atoms with Crippen molar-refractivity contribution in [3.8, 4) is 17.2 Å². The van der Waals surface area contributed by atoms with Gasteiger partial charge in [0.15, 0.2) is 4.80 Å². The van der Waals surface area contributed by atoms with E-state index in [1.165, 1.54) is 11.3 Å². The molecule has 5 rings (SSSR count). The van der Waals surface area contributed by atoms with Crippen molar-refractivity contribution in [3.05, 3.63) is 121 Å². The number of para-hydroxylation sites is 2. The molecule has 1 atom stereocenters. The van der Waals surface area contributed by atoms with Crippen LogP contribution in [0.25, 0.3) is 6.08 Å². The third-order valence-corrected chi connectivity index (χ3v) is 7.49. The van der Waals surface area contributed by atoms with Gasteiger partial charge in [-0.1, -0.05) is 59.9 Å². The van der Waals surface area contributed by atoms with Crippen LogP contribution in [-0.2, 0) is 9.53 Å². The molecular formula is C32H30N2O6S. The van der Waals surface area contributed by atoms with Crippen LogP contribution >= 0.6 is 11.3 Å². The topological polar surface area (TPSA) is 88.4 Å². The summed E-state index contributed by atoms with van der Waals surface area (Å²) >= 11 is 1.27. The zero-order valence-electron chi connectivity index (χ0n) is 23.0. The Morgan fingerprint density at radius 3 is 2.39 bits per heavy atom. The van der Waals surface area contributed by atoms with Crippen molar-refractivity contribution in [2.24, 2.45) is 4.99 Å². The fraction of sp³-hybridized carbons (Fsp3) is 0.219. The molecule has 0 radical (unpaired) electrons. The van der Waals surface area contributed by atoms with Crippen molar-refractivity contribution >= 4 is 23.4 Å². The summed E-state index contributed by atoms with van der Waals surface area (Å²) in [5, 5.41) is 0. The van der Waals surface area contributed by atoms with Crippen molar-refractivity contribution in [1.29, 1.82) is 0 Å². The van der Waals surface area contributed by atoms with Gasteiger partial charge in [-0.05, 0) is 55.8 Å². The van der Waals surface area contributed by atoms with Gasteiger partial charge in [-0.15, -0.1) is 0 Å². The number of carbonyl (C=O) groups excluding carboxylic acids is 1. The van der Waals surface area contributed by atoms with Gasteiger partial charge in [0.2, 0.25) is 0 Å². The number of esters is 1. The number of carbonyl (C=O) groups is 1. The van der Waals surface area contributed by atoms with E-state index >= 15 is 0 Å². The molecule has 0 unspecified atom stereocenters. The van der Waals surface area contributed by atoms with Crippen LogP contribution in [0.5, 0.6) is 17.2 Å². The number of allylic oxidation sites excluding steroid dienone is 1. The van der Waals surface area contributed by atoms with E-state index in [4.69, 9.17) is 18.9 Å². The van der Waals surface area contributed by atoms with Gasteiger partial charge in [-0.3, -0.25) is 9.36 Å². The second kappa shape index (κ2) is 12.7. The average molecular weight is 571 g/mol. The molecule has 0 N–H and O–H groups in total. The summed E-state index contributed by atoms with van der Waals surface area (Å²) in [6, 6.07) is 23.7. The number of aromatic nitrogens is 1. The minimum atomic E-state index is -0.694. The van der Waals surface area contributed by atoms with E-state index in [1.807, 2.05) is 66.7 Å². The van der Waals surface area contributed by atoms with Crippen molar-refractivity contribution in [2.75, 3.05) is 26.9 Å². The highest BCUT2D eigenvalue weighted by atomic mass is 32.1. The van der Waals surface area contributed by atoms with Crippen LogP contribution in [-0.4, -0.2) is 37.5 Å². The van der Waals surface area contributed by atoms with Crippen LogP contribution in [0, 0.1) is 0 Å². The van der Waals surface area contributed by atoms with Crippen LogP contribution < -0.4 is 29.1 Å². The number of thiazole rings is 1. The maximum Gasteiger partial charge on any atom is 0.338 e. The Bertz CT molecular complexity index is 1740. The lowest BCUT2D eigenvalue weighted by Crippen LogP contribution is -2.39. The quantitative estimate of drug-likeness (QED) is 0.209. The third kappa shape index (κ3) is 6.10. The largest absolute Gasteiger partial charge is 0.497 e. The van der Waals surface area contributed by atoms with Gasteiger partial charge in [0.25, 0.3) is 5.56 Å². The summed E-state index contributed by atoms with van der Waals surface area (Å²) in [5.74, 6) is 1.57. The summed E-state index contributed by atoms with van der Waals surface area (Å²) in [4.78, 5) is 32.1. The Kier molecular flexibility index (Phi) is 8.64. The van der Waals surface area contributed by atoms with Crippen molar-refractivity contribution < 1.29 is 23.7 Å². The SMILES string of the molecule is CCOC(=O)C1=C(C)N=c2s/c(=C\c3ccccc3OCCOc3ccccc3)c(=O)n2[C@@H]1c1ccc(OC)cc1. The van der Waals surface area contributed by atoms with Crippen LogP contribution in [0.4, 0.5) is 0 Å². The lowest BCUT2D eigenvalue weighted by atomic mass is 9.96. The molecule has 1 aliphatic rings. The molecule has 0 amide bonds. The Morgan fingerprint density at radius 1 is 0.951 bits per heavy atom. The van der Waals surface area contributed by atoms with Crippen LogP contribution in [0.15, 0.2) is 99.9 Å². The van der Waals surface area contributed by atoms with E-state index in [2.05, 4.69) is 4.99 Å². The predicted molar refractivity (Wildman–Crippen MR) is 157 cm³/mol. The molecule has 9 heteroatoms. The van der Waals surface area contributed by atoms with E-state index in [0.29, 0.717) is 45.3 Å². The monoisotopic (exact) mass is 570 g/mol. The lowest BCUT2D eigenvalue weighted by molar-refractivity contribution is -0.139. The summed E-state index contributed by atoms with van der Waals surface area (Å²) in [5.41, 5.74) is 2.08. The lowest BCUT2D eigenvalue weighted by Gasteiger charge is -2.24. The minimum Gasteiger partial charge on any atom is -0.497 e. The Balaban J connectivity index is 1.50. The first-order chi connectivity index (χ1) is 20.0. The average Bonchev–Trinajstić information content (AvgIpc) is 3.30. The van der Waals surface area contributed by atoms with Gasteiger partial charge in [0.05, 0.1) is 35.6 Å². The first-order valence-electron chi connectivity index (χ1n) is 13.2. The number of ether oxygens (including phenoxy) is 4. The highest BCUT2D eigenvalue weighted by Gasteiger charge is 2.33. The van der Waals surface area contributed by atoms with Crippen molar-refractivity contribution in [2.45, 2.75) is 19.9 Å². The molecule has 0 saturated heterocycles. The van der Waals surface area contributed by atoms with Gasteiger partial charge >= 0.3 is 5.97 Å². The fourth-order valence-electron chi connectivity index (χ4n) is 4.59. The fourth-order valence-corrected chi connectivity index (χ4v) is 5.63. The molecule has 0 saturated carbocycles. The smallest absolute Gasteiger partial charge is 0.338 e. The van der Waals surface area contributed by atoms with E-state index in [-0.39, 0.29) is 12.2 Å². The van der Waals surface area contributed by atoms with E-state index in [1.54, 1.807) is 43.7 Å². The number of nitrogens with zero attached hydrogens (tertiary/aromatic N) is 2. The first kappa shape index (κ1) is 27.9. The van der Waals surface area contributed by atoms with Gasteiger partial charge in [0.1, 0.15) is 30.5 Å². The molecule has 41 heavy (non-hydrogen) atoms. The Hall–Kier alpha value is -4.63. The zero-order chi connectivity index (χ0) is 28.8. The van der Waals surface area contributed by atoms with Crippen LogP contribution in [0.2, 0.25) is 0 Å². The minimum absolute atomic E-state index is 0.211. The van der Waals surface area contributed by atoms with Crippen molar-refractivity contribution in [1.82, 2.24) is 4.57 Å². The second-order valence-electron chi connectivity index (χ2n) is 9.12. The summed E-state index contributed by atoms with van der Waals surface area (Å²) in [6.45, 7) is 4.43. The summed E-state index contributed by atoms with van der Waals surface area (Å²) < 4.78 is 24.5. The number of fused-ring (bicyclic) bond motifs is 1. The molecule has 210 valence electrons. The number of hydrogen-bond donors (Lipinski definition) is 0. The highest BCUT2D eigenvalue weighted by Crippen LogP contribution is 2.31. The molecular weight excluding hydrogens is 540 g/mol. The van der Waals surface area contributed by atoms with Crippen LogP contribution in [0.3, 0.4) is 0 Å². The van der Waals surface area contributed by atoms with Gasteiger partial charge in [0, 0.05) is 5.56 Å². The third-order valence-electron chi connectivity index (χ3n) is 6.51. The van der Waals surface area contributed by atoms with E-state index in [0.717, 1.165) is 16.9 Å². The van der Waals surface area contributed by atoms with E-state index in [9.17, 15) is 9.59 Å². The molecule has 0 bridgehead atoms. The van der Waals surface area contributed by atoms with Gasteiger partial charge in [-0.2, -0.15) is 0 Å². The molecule has 0 fully saturated rings. The van der Waals surface area contributed by atoms with E-state index < -0.39 is 12.0 Å². The zero-order valence-corrected chi connectivity index (χ0v) is 23.9. The molecule has 1 aliphatic heterocycles. The van der Waals surface area contributed by atoms with Crippen LogP contribution in [0.1, 0.15) is 31.0 Å². The van der Waals surface area contributed by atoms with Gasteiger partial charge < -0.3 is 18.9 Å². The van der Waals surface area contributed by atoms with Gasteiger partial charge in [-0.25, -0.2) is 9.79 Å². The maximum absolute atomic E-state index is 13.9. The molecule has 4 aromatic rings. The second-order valence-corrected chi connectivity index (χ2v) is 10.1. The molecule has 2 heterocycles. The maximum atomic E-state index is 13.9. The molecule has 8 nitrogen and oxygen atoms in total. The van der Waals surface area contributed by atoms with Crippen molar-refractivity contribution in [3.63, 3.8) is 0 Å². The standard InChI is InChI=1S/C32H30N2O6S/c1-4-38-31(36)28-21(2)33-32-34(29(28)22-14-16-24(37-3)17-15-22)30(35)27(41-32)20-23-10-8-9-13-26(23)40-19-18-39-25-11-6-5-7-12-25/h5-17,20,29H,4,18-19H2,1-3H3/b27-20-/t29-/m1/s1. The number of benzene rings is 3.